The fourth-order valence-corrected chi connectivity index (χ4v) is 3.53. The SMILES string of the molecule is Cc1ccc2nc(SCc3ccc(OCc4nccn4C)cc3)[nH]c2c1. The smallest absolute Gasteiger partial charge is 0.166 e. The Bertz CT molecular complexity index is 1020. The van der Waals surface area contributed by atoms with Crippen LogP contribution in [0.5, 0.6) is 5.75 Å². The van der Waals surface area contributed by atoms with Crippen molar-refractivity contribution < 1.29 is 4.74 Å². The highest BCUT2D eigenvalue weighted by molar-refractivity contribution is 7.98. The van der Waals surface area contributed by atoms with Gasteiger partial charge >= 0.3 is 0 Å². The molecule has 0 aliphatic heterocycles. The average molecular weight is 364 g/mol. The zero-order valence-electron chi connectivity index (χ0n) is 14.8. The van der Waals surface area contributed by atoms with Gasteiger partial charge in [0.1, 0.15) is 18.2 Å². The molecule has 2 heterocycles. The molecule has 132 valence electrons. The molecule has 0 amide bonds. The molecule has 0 aliphatic carbocycles. The molecule has 2 aromatic carbocycles. The minimum atomic E-state index is 0.468. The van der Waals surface area contributed by atoms with Gasteiger partial charge in [0, 0.05) is 25.2 Å². The van der Waals surface area contributed by atoms with Gasteiger partial charge in [0.15, 0.2) is 5.16 Å². The number of imidazole rings is 2. The molecule has 0 saturated carbocycles. The van der Waals surface area contributed by atoms with Gasteiger partial charge in [-0.05, 0) is 42.3 Å². The maximum absolute atomic E-state index is 5.79. The number of ether oxygens (including phenoxy) is 1. The first-order valence-electron chi connectivity index (χ1n) is 8.44. The number of benzene rings is 2. The van der Waals surface area contributed by atoms with Gasteiger partial charge in [0.2, 0.25) is 0 Å². The molecule has 0 radical (unpaired) electrons. The van der Waals surface area contributed by atoms with Crippen molar-refractivity contribution in [3.05, 3.63) is 71.8 Å². The van der Waals surface area contributed by atoms with E-state index in [1.54, 1.807) is 18.0 Å². The molecule has 4 aromatic rings. The zero-order chi connectivity index (χ0) is 17.9. The Morgan fingerprint density at radius 3 is 2.77 bits per heavy atom. The van der Waals surface area contributed by atoms with Crippen molar-refractivity contribution in [2.75, 3.05) is 0 Å². The second-order valence-electron chi connectivity index (χ2n) is 6.24. The van der Waals surface area contributed by atoms with Crippen molar-refractivity contribution >= 4 is 22.8 Å². The lowest BCUT2D eigenvalue weighted by Gasteiger charge is -2.07. The maximum Gasteiger partial charge on any atom is 0.166 e. The van der Waals surface area contributed by atoms with Crippen LogP contribution < -0.4 is 4.74 Å². The lowest BCUT2D eigenvalue weighted by atomic mass is 10.2. The molecular formula is C20H20N4OS. The number of aromatic nitrogens is 4. The van der Waals surface area contributed by atoms with Crippen LogP contribution in [-0.4, -0.2) is 19.5 Å². The highest BCUT2D eigenvalue weighted by Gasteiger charge is 2.05. The van der Waals surface area contributed by atoms with Crippen molar-refractivity contribution in [2.24, 2.45) is 7.05 Å². The summed E-state index contributed by atoms with van der Waals surface area (Å²) in [5.74, 6) is 2.61. The van der Waals surface area contributed by atoms with Crippen LogP contribution in [0.15, 0.2) is 60.0 Å². The monoisotopic (exact) mass is 364 g/mol. The molecule has 0 fully saturated rings. The van der Waals surface area contributed by atoms with Crippen molar-refractivity contribution in [2.45, 2.75) is 24.4 Å². The number of nitrogens with zero attached hydrogens (tertiary/aromatic N) is 3. The van der Waals surface area contributed by atoms with E-state index in [4.69, 9.17) is 4.74 Å². The van der Waals surface area contributed by atoms with Crippen LogP contribution in [0, 0.1) is 6.92 Å². The fraction of sp³-hybridized carbons (Fsp3) is 0.200. The third-order valence-corrected chi connectivity index (χ3v) is 5.15. The van der Waals surface area contributed by atoms with E-state index in [2.05, 4.69) is 52.2 Å². The van der Waals surface area contributed by atoms with Crippen LogP contribution in [0.3, 0.4) is 0 Å². The molecule has 0 spiro atoms. The standard InChI is InChI=1S/C20H20N4OS/c1-14-3-8-17-18(11-14)23-20(22-17)26-13-15-4-6-16(7-5-15)25-12-19-21-9-10-24(19)2/h3-11H,12-13H2,1-2H3,(H,22,23). The van der Waals surface area contributed by atoms with Crippen LogP contribution in [-0.2, 0) is 19.4 Å². The van der Waals surface area contributed by atoms with E-state index in [1.807, 2.05) is 29.9 Å². The Morgan fingerprint density at radius 2 is 2.00 bits per heavy atom. The number of nitrogens with one attached hydrogen (secondary N) is 1. The Morgan fingerprint density at radius 1 is 1.15 bits per heavy atom. The van der Waals surface area contributed by atoms with E-state index >= 15 is 0 Å². The molecule has 5 nitrogen and oxygen atoms in total. The maximum atomic E-state index is 5.79. The Balaban J connectivity index is 1.35. The first-order chi connectivity index (χ1) is 12.7. The van der Waals surface area contributed by atoms with Gasteiger partial charge in [-0.25, -0.2) is 9.97 Å². The lowest BCUT2D eigenvalue weighted by molar-refractivity contribution is 0.292. The fourth-order valence-electron chi connectivity index (χ4n) is 2.69. The number of thioether (sulfide) groups is 1. The summed E-state index contributed by atoms with van der Waals surface area (Å²) in [5.41, 5.74) is 4.57. The second-order valence-corrected chi connectivity index (χ2v) is 7.20. The first-order valence-corrected chi connectivity index (χ1v) is 9.43. The number of H-pyrrole nitrogens is 1. The van der Waals surface area contributed by atoms with E-state index < -0.39 is 0 Å². The minimum Gasteiger partial charge on any atom is -0.486 e. The van der Waals surface area contributed by atoms with Gasteiger partial charge < -0.3 is 14.3 Å². The summed E-state index contributed by atoms with van der Waals surface area (Å²) in [7, 11) is 1.96. The van der Waals surface area contributed by atoms with Crippen molar-refractivity contribution in [3.63, 3.8) is 0 Å². The average Bonchev–Trinajstić information content (AvgIpc) is 3.24. The summed E-state index contributed by atoms with van der Waals surface area (Å²) >= 11 is 1.70. The van der Waals surface area contributed by atoms with Crippen molar-refractivity contribution in [1.29, 1.82) is 0 Å². The normalized spacial score (nSPS) is 11.2. The van der Waals surface area contributed by atoms with Gasteiger partial charge in [0.05, 0.1) is 11.0 Å². The number of aryl methyl sites for hydroxylation is 2. The van der Waals surface area contributed by atoms with Gasteiger partial charge in [-0.15, -0.1) is 0 Å². The van der Waals surface area contributed by atoms with E-state index in [1.165, 1.54) is 11.1 Å². The van der Waals surface area contributed by atoms with Crippen LogP contribution in [0.1, 0.15) is 17.0 Å². The van der Waals surface area contributed by atoms with Crippen LogP contribution in [0.4, 0.5) is 0 Å². The highest BCUT2D eigenvalue weighted by atomic mass is 32.2. The number of fused-ring (bicyclic) bond motifs is 1. The lowest BCUT2D eigenvalue weighted by Crippen LogP contribution is -2.02. The van der Waals surface area contributed by atoms with Crippen LogP contribution in [0.25, 0.3) is 11.0 Å². The third kappa shape index (κ3) is 3.75. The Kier molecular flexibility index (Phi) is 4.67. The van der Waals surface area contributed by atoms with E-state index in [9.17, 15) is 0 Å². The summed E-state index contributed by atoms with van der Waals surface area (Å²) in [5, 5.41) is 0.945. The molecule has 1 N–H and O–H groups in total. The molecule has 6 heteroatoms. The van der Waals surface area contributed by atoms with Crippen molar-refractivity contribution in [1.82, 2.24) is 19.5 Å². The number of hydrogen-bond donors (Lipinski definition) is 1. The molecule has 4 rings (SSSR count). The minimum absolute atomic E-state index is 0.468. The molecular weight excluding hydrogens is 344 g/mol. The Hall–Kier alpha value is -2.73. The largest absolute Gasteiger partial charge is 0.486 e. The van der Waals surface area contributed by atoms with Crippen LogP contribution in [0.2, 0.25) is 0 Å². The summed E-state index contributed by atoms with van der Waals surface area (Å²) in [6.45, 7) is 2.56. The van der Waals surface area contributed by atoms with Gasteiger partial charge in [-0.3, -0.25) is 0 Å². The predicted molar refractivity (Wildman–Crippen MR) is 104 cm³/mol. The molecule has 0 aliphatic rings. The quantitative estimate of drug-likeness (QED) is 0.513. The molecule has 26 heavy (non-hydrogen) atoms. The molecule has 0 saturated heterocycles. The molecule has 2 aromatic heterocycles. The number of rotatable bonds is 6. The number of aromatic amines is 1. The van der Waals surface area contributed by atoms with Gasteiger partial charge in [-0.2, -0.15) is 0 Å². The summed E-state index contributed by atoms with van der Waals surface area (Å²) < 4.78 is 7.75. The first kappa shape index (κ1) is 16.7. The highest BCUT2D eigenvalue weighted by Crippen LogP contribution is 2.24. The van der Waals surface area contributed by atoms with Crippen LogP contribution >= 0.6 is 11.8 Å². The van der Waals surface area contributed by atoms with E-state index in [0.29, 0.717) is 6.61 Å². The molecule has 0 unspecified atom stereocenters. The Labute approximate surface area is 156 Å². The summed E-state index contributed by atoms with van der Waals surface area (Å²) in [6, 6.07) is 14.4. The molecule has 0 bridgehead atoms. The topological polar surface area (TPSA) is 55.7 Å². The summed E-state index contributed by atoms with van der Waals surface area (Å²) in [6.07, 6.45) is 3.69. The van der Waals surface area contributed by atoms with E-state index in [0.717, 1.165) is 33.5 Å². The number of hydrogen-bond acceptors (Lipinski definition) is 4. The van der Waals surface area contributed by atoms with Gasteiger partial charge in [0.25, 0.3) is 0 Å². The van der Waals surface area contributed by atoms with E-state index in [-0.39, 0.29) is 0 Å². The summed E-state index contributed by atoms with van der Waals surface area (Å²) in [4.78, 5) is 12.3. The second kappa shape index (κ2) is 7.25. The van der Waals surface area contributed by atoms with Gasteiger partial charge in [-0.1, -0.05) is 30.0 Å². The zero-order valence-corrected chi connectivity index (χ0v) is 15.6. The predicted octanol–water partition coefficient (Wildman–Crippen LogP) is 4.48. The third-order valence-electron chi connectivity index (χ3n) is 4.20. The van der Waals surface area contributed by atoms with Crippen molar-refractivity contribution in [3.8, 4) is 5.75 Å². The molecule has 0 atom stereocenters.